The zero-order valence-corrected chi connectivity index (χ0v) is 13.3. The lowest BCUT2D eigenvalue weighted by Crippen LogP contribution is -2.36. The second-order valence-corrected chi connectivity index (χ2v) is 5.93. The van der Waals surface area contributed by atoms with Gasteiger partial charge in [0, 0.05) is 41.1 Å². The molecule has 0 atom stereocenters. The van der Waals surface area contributed by atoms with Gasteiger partial charge in [-0.3, -0.25) is 0 Å². The molecule has 0 fully saturated rings. The van der Waals surface area contributed by atoms with Crippen LogP contribution in [0.2, 0.25) is 5.15 Å². The van der Waals surface area contributed by atoms with Crippen LogP contribution in [-0.4, -0.2) is 22.5 Å². The van der Waals surface area contributed by atoms with Gasteiger partial charge in [-0.2, -0.15) is 0 Å². The fourth-order valence-electron chi connectivity index (χ4n) is 2.49. The molecule has 2 amide bonds. The van der Waals surface area contributed by atoms with E-state index in [1.807, 2.05) is 13.0 Å². The number of aromatic nitrogens is 1. The molecule has 0 radical (unpaired) electrons. The summed E-state index contributed by atoms with van der Waals surface area (Å²) in [5.41, 5.74) is 2.30. The first kappa shape index (κ1) is 13.6. The number of fused-ring (bicyclic) bond motifs is 2. The summed E-state index contributed by atoms with van der Waals surface area (Å²) in [7, 11) is 0. The van der Waals surface area contributed by atoms with E-state index >= 15 is 0 Å². The molecule has 4 nitrogen and oxygen atoms in total. The number of hydrogen-bond acceptors (Lipinski definition) is 2. The Morgan fingerprint density at radius 1 is 1.50 bits per heavy atom. The van der Waals surface area contributed by atoms with Crippen molar-refractivity contribution in [3.8, 4) is 0 Å². The van der Waals surface area contributed by atoms with Gasteiger partial charge in [-0.05, 0) is 46.1 Å². The summed E-state index contributed by atoms with van der Waals surface area (Å²) in [6, 6.07) is 3.89. The van der Waals surface area contributed by atoms with E-state index in [-0.39, 0.29) is 6.03 Å². The van der Waals surface area contributed by atoms with E-state index in [2.05, 4.69) is 32.3 Å². The number of rotatable bonds is 1. The smallest absolute Gasteiger partial charge is 0.317 e. The van der Waals surface area contributed by atoms with Crippen LogP contribution in [0.3, 0.4) is 0 Å². The van der Waals surface area contributed by atoms with Gasteiger partial charge in [0.1, 0.15) is 5.15 Å². The molecular weight excluding hydrogens is 342 g/mol. The minimum absolute atomic E-state index is 0.0317. The monoisotopic (exact) mass is 353 g/mol. The molecule has 1 aromatic carbocycles. The van der Waals surface area contributed by atoms with Crippen molar-refractivity contribution in [3.05, 3.63) is 39.1 Å². The minimum atomic E-state index is -0.0317. The number of pyridine rings is 1. The Bertz CT molecular complexity index is 704. The molecule has 1 aliphatic rings. The molecule has 0 aliphatic carbocycles. The molecule has 0 bridgehead atoms. The quantitative estimate of drug-likeness (QED) is 0.794. The highest BCUT2D eigenvalue weighted by Gasteiger charge is 2.26. The Kier molecular flexibility index (Phi) is 3.56. The Balaban J connectivity index is 2.03. The fraction of sp³-hybridized carbons (Fsp3) is 0.286. The maximum Gasteiger partial charge on any atom is 0.317 e. The molecule has 2 heterocycles. The van der Waals surface area contributed by atoms with Crippen LogP contribution >= 0.6 is 27.5 Å². The highest BCUT2D eigenvalue weighted by Crippen LogP contribution is 2.36. The highest BCUT2D eigenvalue weighted by atomic mass is 79.9. The SMILES string of the molecule is CCNC(=O)N1Cc2cc3cnc(Cl)cc3c(Br)c2C1. The molecule has 0 unspecified atom stereocenters. The number of carbonyl (C=O) groups is 1. The Morgan fingerprint density at radius 2 is 2.30 bits per heavy atom. The van der Waals surface area contributed by atoms with Gasteiger partial charge >= 0.3 is 6.03 Å². The zero-order valence-electron chi connectivity index (χ0n) is 10.9. The average Bonchev–Trinajstić information content (AvgIpc) is 2.84. The number of halogens is 2. The van der Waals surface area contributed by atoms with E-state index in [0.29, 0.717) is 24.8 Å². The molecule has 6 heteroatoms. The van der Waals surface area contributed by atoms with E-state index < -0.39 is 0 Å². The van der Waals surface area contributed by atoms with Crippen LogP contribution in [0, 0.1) is 0 Å². The van der Waals surface area contributed by atoms with Gasteiger partial charge in [-0.25, -0.2) is 9.78 Å². The van der Waals surface area contributed by atoms with E-state index in [1.165, 1.54) is 0 Å². The average molecular weight is 355 g/mol. The van der Waals surface area contributed by atoms with Crippen molar-refractivity contribution in [1.82, 2.24) is 15.2 Å². The molecule has 2 aromatic rings. The third-order valence-electron chi connectivity index (χ3n) is 3.45. The lowest BCUT2D eigenvalue weighted by Gasteiger charge is -2.15. The van der Waals surface area contributed by atoms with E-state index in [9.17, 15) is 4.79 Å². The summed E-state index contributed by atoms with van der Waals surface area (Å²) in [6.45, 7) is 3.78. The van der Waals surface area contributed by atoms with Crippen molar-refractivity contribution in [2.75, 3.05) is 6.54 Å². The molecule has 20 heavy (non-hydrogen) atoms. The number of urea groups is 1. The van der Waals surface area contributed by atoms with Crippen LogP contribution in [0.4, 0.5) is 4.79 Å². The van der Waals surface area contributed by atoms with Crippen LogP contribution in [0.1, 0.15) is 18.1 Å². The predicted octanol–water partition coefficient (Wildman–Crippen LogP) is 3.70. The second kappa shape index (κ2) is 5.22. The molecule has 0 saturated heterocycles. The lowest BCUT2D eigenvalue weighted by atomic mass is 10.0. The van der Waals surface area contributed by atoms with Gasteiger partial charge in [-0.1, -0.05) is 11.6 Å². The van der Waals surface area contributed by atoms with Gasteiger partial charge in [-0.15, -0.1) is 0 Å². The van der Waals surface area contributed by atoms with Crippen LogP contribution in [0.5, 0.6) is 0 Å². The maximum absolute atomic E-state index is 11.9. The first-order chi connectivity index (χ1) is 9.60. The predicted molar refractivity (Wildman–Crippen MR) is 82.8 cm³/mol. The van der Waals surface area contributed by atoms with Gasteiger partial charge in [0.25, 0.3) is 0 Å². The molecule has 3 rings (SSSR count). The van der Waals surface area contributed by atoms with Gasteiger partial charge < -0.3 is 10.2 Å². The molecule has 104 valence electrons. The van der Waals surface area contributed by atoms with Gasteiger partial charge in [0.05, 0.1) is 0 Å². The third-order valence-corrected chi connectivity index (χ3v) is 4.56. The Hall–Kier alpha value is -1.33. The summed E-state index contributed by atoms with van der Waals surface area (Å²) in [4.78, 5) is 17.8. The van der Waals surface area contributed by atoms with Crippen molar-refractivity contribution in [3.63, 3.8) is 0 Å². The van der Waals surface area contributed by atoms with Gasteiger partial charge in [0.15, 0.2) is 0 Å². The maximum atomic E-state index is 11.9. The van der Waals surface area contributed by atoms with E-state index in [1.54, 1.807) is 11.1 Å². The molecular formula is C14H13BrClN3O. The summed E-state index contributed by atoms with van der Waals surface area (Å²) in [5, 5.41) is 5.35. The first-order valence-corrected chi connectivity index (χ1v) is 7.55. The number of hydrogen-bond donors (Lipinski definition) is 1. The molecule has 1 aromatic heterocycles. The highest BCUT2D eigenvalue weighted by molar-refractivity contribution is 9.10. The normalized spacial score (nSPS) is 13.7. The van der Waals surface area contributed by atoms with Crippen molar-refractivity contribution >= 4 is 44.3 Å². The standard InChI is InChI=1S/C14H13BrClN3O/c1-2-17-14(20)19-6-9-3-8-5-18-12(16)4-10(8)13(15)11(9)7-19/h3-5H,2,6-7H2,1H3,(H,17,20). The Labute approximate surface area is 130 Å². The van der Waals surface area contributed by atoms with Crippen LogP contribution < -0.4 is 5.32 Å². The molecule has 1 aliphatic heterocycles. The summed E-state index contributed by atoms with van der Waals surface area (Å²) < 4.78 is 1.00. The van der Waals surface area contributed by atoms with Gasteiger partial charge in [0.2, 0.25) is 0 Å². The van der Waals surface area contributed by atoms with Crippen molar-refractivity contribution < 1.29 is 4.79 Å². The second-order valence-electron chi connectivity index (χ2n) is 4.75. The van der Waals surface area contributed by atoms with Crippen molar-refractivity contribution in [2.45, 2.75) is 20.0 Å². The summed E-state index contributed by atoms with van der Waals surface area (Å²) in [5.74, 6) is 0. The third kappa shape index (κ3) is 2.25. The van der Waals surface area contributed by atoms with Crippen molar-refractivity contribution in [1.29, 1.82) is 0 Å². The largest absolute Gasteiger partial charge is 0.338 e. The first-order valence-electron chi connectivity index (χ1n) is 6.38. The van der Waals surface area contributed by atoms with Crippen LogP contribution in [-0.2, 0) is 13.1 Å². The van der Waals surface area contributed by atoms with Crippen molar-refractivity contribution in [2.24, 2.45) is 0 Å². The zero-order chi connectivity index (χ0) is 14.3. The number of amides is 2. The number of nitrogens with zero attached hydrogens (tertiary/aromatic N) is 2. The molecule has 0 saturated carbocycles. The minimum Gasteiger partial charge on any atom is -0.338 e. The molecule has 1 N–H and O–H groups in total. The van der Waals surface area contributed by atoms with E-state index in [4.69, 9.17) is 11.6 Å². The topological polar surface area (TPSA) is 45.2 Å². The fourth-order valence-corrected chi connectivity index (χ4v) is 3.38. The van der Waals surface area contributed by atoms with Crippen LogP contribution in [0.25, 0.3) is 10.8 Å². The number of benzene rings is 1. The summed E-state index contributed by atoms with van der Waals surface area (Å²) >= 11 is 9.59. The van der Waals surface area contributed by atoms with E-state index in [0.717, 1.165) is 26.4 Å². The summed E-state index contributed by atoms with van der Waals surface area (Å²) in [6.07, 6.45) is 1.76. The Morgan fingerprint density at radius 3 is 3.05 bits per heavy atom. The number of carbonyl (C=O) groups excluding carboxylic acids is 1. The molecule has 0 spiro atoms. The number of nitrogens with one attached hydrogen (secondary N) is 1. The lowest BCUT2D eigenvalue weighted by molar-refractivity contribution is 0.199. The van der Waals surface area contributed by atoms with Crippen LogP contribution in [0.15, 0.2) is 22.8 Å².